The molecule has 0 aliphatic carbocycles. The smallest absolute Gasteiger partial charge is 0.121 e. The largest absolute Gasteiger partial charge is 0.494 e. The molecule has 3 nitrogen and oxygen atoms in total. The van der Waals surface area contributed by atoms with Crippen molar-refractivity contribution in [3.63, 3.8) is 0 Å². The molecular weight excluding hydrogens is 308 g/mol. The van der Waals surface area contributed by atoms with Crippen molar-refractivity contribution in [1.82, 2.24) is 0 Å². The van der Waals surface area contributed by atoms with Gasteiger partial charge in [-0.25, -0.2) is 0 Å². The topological polar surface area (TPSA) is 33.3 Å². The first-order chi connectivity index (χ1) is 11.2. The molecule has 23 heavy (non-hydrogen) atoms. The first-order valence-corrected chi connectivity index (χ1v) is 8.53. The summed E-state index contributed by atoms with van der Waals surface area (Å²) >= 11 is 6.12. The van der Waals surface area contributed by atoms with Gasteiger partial charge >= 0.3 is 0 Å². The van der Waals surface area contributed by atoms with E-state index < -0.39 is 0 Å². The Morgan fingerprint density at radius 1 is 1.00 bits per heavy atom. The molecule has 0 spiro atoms. The number of aryl methyl sites for hydroxylation is 1. The number of benzene rings is 2. The molecule has 0 amide bonds. The average molecular weight is 333 g/mol. The van der Waals surface area contributed by atoms with Crippen LogP contribution in [0.15, 0.2) is 42.5 Å². The molecule has 0 aromatic heterocycles. The lowest BCUT2D eigenvalue weighted by Gasteiger charge is -2.11. The third kappa shape index (κ3) is 6.03. The number of anilines is 2. The molecule has 0 aliphatic rings. The van der Waals surface area contributed by atoms with Gasteiger partial charge in [0.2, 0.25) is 0 Å². The zero-order valence-electron chi connectivity index (χ0n) is 13.9. The van der Waals surface area contributed by atoms with Crippen molar-refractivity contribution in [1.29, 1.82) is 0 Å². The minimum Gasteiger partial charge on any atom is -0.494 e. The predicted octanol–water partition coefficient (Wildman–Crippen LogP) is 5.35. The number of rotatable bonds is 9. The van der Waals surface area contributed by atoms with E-state index in [1.807, 2.05) is 43.3 Å². The molecule has 0 unspecified atom stereocenters. The van der Waals surface area contributed by atoms with E-state index in [4.69, 9.17) is 16.3 Å². The molecule has 0 saturated carbocycles. The highest BCUT2D eigenvalue weighted by atomic mass is 35.5. The fourth-order valence-corrected chi connectivity index (χ4v) is 2.33. The van der Waals surface area contributed by atoms with Crippen molar-refractivity contribution < 1.29 is 4.74 Å². The monoisotopic (exact) mass is 332 g/mol. The molecule has 2 N–H and O–H groups in total. The van der Waals surface area contributed by atoms with Gasteiger partial charge in [0.25, 0.3) is 0 Å². The molecule has 0 atom stereocenters. The van der Waals surface area contributed by atoms with Crippen LogP contribution in [0, 0.1) is 6.92 Å². The molecule has 0 saturated heterocycles. The maximum absolute atomic E-state index is 6.12. The fourth-order valence-electron chi connectivity index (χ4n) is 2.15. The number of nitrogens with one attached hydrogen (secondary N) is 2. The lowest BCUT2D eigenvalue weighted by Crippen LogP contribution is -2.13. The first-order valence-electron chi connectivity index (χ1n) is 8.16. The summed E-state index contributed by atoms with van der Waals surface area (Å²) in [5.41, 5.74) is 3.21. The second kappa shape index (κ2) is 9.31. The van der Waals surface area contributed by atoms with Crippen molar-refractivity contribution in [3.05, 3.63) is 53.1 Å². The molecule has 2 aromatic carbocycles. The summed E-state index contributed by atoms with van der Waals surface area (Å²) in [6.45, 7) is 6.58. The molecule has 2 rings (SSSR count). The van der Waals surface area contributed by atoms with Crippen LogP contribution in [0.2, 0.25) is 5.02 Å². The van der Waals surface area contributed by atoms with Gasteiger partial charge in [-0.05, 0) is 43.2 Å². The average Bonchev–Trinajstić information content (AvgIpc) is 2.55. The molecule has 0 heterocycles. The molecule has 124 valence electrons. The fraction of sp³-hybridized carbons (Fsp3) is 0.368. The van der Waals surface area contributed by atoms with E-state index in [0.29, 0.717) is 0 Å². The number of ether oxygens (including phenoxy) is 1. The van der Waals surface area contributed by atoms with Crippen LogP contribution in [0.4, 0.5) is 11.4 Å². The maximum Gasteiger partial charge on any atom is 0.121 e. The van der Waals surface area contributed by atoms with E-state index in [9.17, 15) is 0 Å². The van der Waals surface area contributed by atoms with E-state index in [2.05, 4.69) is 23.6 Å². The van der Waals surface area contributed by atoms with Crippen molar-refractivity contribution in [2.45, 2.75) is 26.7 Å². The van der Waals surface area contributed by atoms with Crippen molar-refractivity contribution in [3.8, 4) is 5.75 Å². The van der Waals surface area contributed by atoms with Gasteiger partial charge < -0.3 is 15.4 Å². The van der Waals surface area contributed by atoms with Gasteiger partial charge in [-0.1, -0.05) is 37.1 Å². The summed E-state index contributed by atoms with van der Waals surface area (Å²) < 4.78 is 5.72. The number of hydrogen-bond acceptors (Lipinski definition) is 3. The van der Waals surface area contributed by atoms with Gasteiger partial charge in [0.15, 0.2) is 0 Å². The van der Waals surface area contributed by atoms with Crippen LogP contribution >= 0.6 is 11.6 Å². The lowest BCUT2D eigenvalue weighted by molar-refractivity contribution is 0.309. The van der Waals surface area contributed by atoms with Crippen LogP contribution in [0.25, 0.3) is 0 Å². The van der Waals surface area contributed by atoms with Gasteiger partial charge in [0, 0.05) is 35.6 Å². The van der Waals surface area contributed by atoms with E-state index in [-0.39, 0.29) is 0 Å². The third-order valence-electron chi connectivity index (χ3n) is 3.56. The Morgan fingerprint density at radius 3 is 2.43 bits per heavy atom. The van der Waals surface area contributed by atoms with Gasteiger partial charge in [0.05, 0.1) is 6.61 Å². The zero-order chi connectivity index (χ0) is 16.5. The summed E-state index contributed by atoms with van der Waals surface area (Å²) in [5, 5.41) is 7.55. The summed E-state index contributed by atoms with van der Waals surface area (Å²) in [4.78, 5) is 0. The summed E-state index contributed by atoms with van der Waals surface area (Å²) in [7, 11) is 0. The second-order valence-electron chi connectivity index (χ2n) is 5.55. The summed E-state index contributed by atoms with van der Waals surface area (Å²) in [6.07, 6.45) is 2.23. The van der Waals surface area contributed by atoms with Crippen molar-refractivity contribution >= 4 is 23.0 Å². The quantitative estimate of drug-likeness (QED) is 0.607. The predicted molar refractivity (Wildman–Crippen MR) is 100 cm³/mol. The molecule has 4 heteroatoms. The first kappa shape index (κ1) is 17.5. The van der Waals surface area contributed by atoms with Crippen LogP contribution in [0.1, 0.15) is 25.3 Å². The maximum atomic E-state index is 6.12. The molecule has 0 radical (unpaired) electrons. The highest BCUT2D eigenvalue weighted by Gasteiger charge is 1.99. The van der Waals surface area contributed by atoms with E-state index in [1.165, 1.54) is 0 Å². The molecular formula is C19H25ClN2O. The van der Waals surface area contributed by atoms with Crippen LogP contribution in [0.5, 0.6) is 5.75 Å². The molecule has 2 aromatic rings. The Kier molecular flexibility index (Phi) is 7.08. The molecule has 0 aliphatic heterocycles. The Labute approximate surface area is 144 Å². The normalized spacial score (nSPS) is 10.4. The minimum absolute atomic E-state index is 0.774. The number of unbranched alkanes of at least 4 members (excludes halogenated alkanes) is 1. The molecule has 0 fully saturated rings. The second-order valence-corrected chi connectivity index (χ2v) is 5.95. The van der Waals surface area contributed by atoms with E-state index in [0.717, 1.165) is 60.2 Å². The van der Waals surface area contributed by atoms with Crippen LogP contribution in [0.3, 0.4) is 0 Å². The van der Waals surface area contributed by atoms with Gasteiger partial charge in [0.1, 0.15) is 5.75 Å². The molecule has 0 bridgehead atoms. The minimum atomic E-state index is 0.774. The summed E-state index contributed by atoms with van der Waals surface area (Å²) in [5.74, 6) is 0.918. The van der Waals surface area contributed by atoms with Crippen LogP contribution in [-0.2, 0) is 0 Å². The zero-order valence-corrected chi connectivity index (χ0v) is 14.6. The summed E-state index contributed by atoms with van der Waals surface area (Å²) in [6, 6.07) is 14.1. The van der Waals surface area contributed by atoms with Gasteiger partial charge in [-0.3, -0.25) is 0 Å². The Hall–Kier alpha value is -1.87. The van der Waals surface area contributed by atoms with Crippen molar-refractivity contribution in [2.75, 3.05) is 30.3 Å². The number of halogens is 1. The van der Waals surface area contributed by atoms with Gasteiger partial charge in [-0.2, -0.15) is 0 Å². The highest BCUT2D eigenvalue weighted by molar-refractivity contribution is 6.31. The van der Waals surface area contributed by atoms with E-state index in [1.54, 1.807) is 0 Å². The van der Waals surface area contributed by atoms with E-state index >= 15 is 0 Å². The van der Waals surface area contributed by atoms with Crippen LogP contribution in [-0.4, -0.2) is 19.7 Å². The Balaban J connectivity index is 1.75. The Bertz CT molecular complexity index is 616. The van der Waals surface area contributed by atoms with Crippen molar-refractivity contribution in [2.24, 2.45) is 0 Å². The van der Waals surface area contributed by atoms with Crippen LogP contribution < -0.4 is 15.4 Å². The third-order valence-corrected chi connectivity index (χ3v) is 3.96. The standard InChI is InChI=1S/C19H25ClN2O/c1-3-4-12-23-18-7-5-6-16(13-18)21-10-11-22-17-9-8-15(2)19(20)14-17/h5-9,13-14,21-22H,3-4,10-12H2,1-2H3. The van der Waals surface area contributed by atoms with Gasteiger partial charge in [-0.15, -0.1) is 0 Å². The SMILES string of the molecule is CCCCOc1cccc(NCCNc2ccc(C)c(Cl)c2)c1. The number of hydrogen-bond donors (Lipinski definition) is 2. The lowest BCUT2D eigenvalue weighted by atomic mass is 10.2. The Morgan fingerprint density at radius 2 is 1.74 bits per heavy atom. The highest BCUT2D eigenvalue weighted by Crippen LogP contribution is 2.20.